The minimum Gasteiger partial charge on any atom is -0.493 e. The molecule has 2 N–H and O–H groups in total. The Morgan fingerprint density at radius 3 is 2.76 bits per heavy atom. The summed E-state index contributed by atoms with van der Waals surface area (Å²) in [6.07, 6.45) is -0.460. The summed E-state index contributed by atoms with van der Waals surface area (Å²) in [6.45, 7) is 2.41. The van der Waals surface area contributed by atoms with E-state index < -0.39 is 12.1 Å². The van der Waals surface area contributed by atoms with E-state index in [9.17, 15) is 9.59 Å². The highest BCUT2D eigenvalue weighted by Crippen LogP contribution is 2.12. The molecule has 1 unspecified atom stereocenters. The number of aliphatic carboxylic acids is 1. The Hall–Kier alpha value is -2.08. The number of hydrogen-bond donors (Lipinski definition) is 2. The van der Waals surface area contributed by atoms with Crippen molar-refractivity contribution in [3.05, 3.63) is 29.8 Å². The molecule has 0 bridgehead atoms. The summed E-state index contributed by atoms with van der Waals surface area (Å²) in [5.41, 5.74) is 1.09. The molecular formula is C15H21NO5. The molecule has 0 aliphatic rings. The van der Waals surface area contributed by atoms with Crippen LogP contribution < -0.4 is 10.1 Å². The Balaban J connectivity index is 2.23. The number of nitrogens with one attached hydrogen (secondary N) is 1. The monoisotopic (exact) mass is 295 g/mol. The Kier molecular flexibility index (Phi) is 7.25. The number of benzene rings is 1. The molecule has 1 amide bonds. The fourth-order valence-corrected chi connectivity index (χ4v) is 1.72. The van der Waals surface area contributed by atoms with Gasteiger partial charge in [-0.1, -0.05) is 12.1 Å². The summed E-state index contributed by atoms with van der Waals surface area (Å²) < 4.78 is 10.4. The molecule has 0 spiro atoms. The van der Waals surface area contributed by atoms with Gasteiger partial charge in [0.15, 0.2) is 0 Å². The van der Waals surface area contributed by atoms with Crippen molar-refractivity contribution < 1.29 is 24.2 Å². The molecule has 0 radical (unpaired) electrons. The molecular weight excluding hydrogens is 274 g/mol. The third kappa shape index (κ3) is 7.31. The SMILES string of the molecule is COC(CNC(=O)CCOc1cccc(C)c1)CC(=O)O. The van der Waals surface area contributed by atoms with Crippen molar-refractivity contribution in [2.45, 2.75) is 25.9 Å². The van der Waals surface area contributed by atoms with E-state index in [0.29, 0.717) is 0 Å². The number of rotatable bonds is 9. The van der Waals surface area contributed by atoms with Crippen molar-refractivity contribution in [2.24, 2.45) is 0 Å². The molecule has 1 rings (SSSR count). The van der Waals surface area contributed by atoms with Crippen molar-refractivity contribution in [3.8, 4) is 5.75 Å². The highest BCUT2D eigenvalue weighted by atomic mass is 16.5. The van der Waals surface area contributed by atoms with Gasteiger partial charge in [0.2, 0.25) is 5.91 Å². The number of carbonyl (C=O) groups is 2. The van der Waals surface area contributed by atoms with E-state index in [1.807, 2.05) is 31.2 Å². The van der Waals surface area contributed by atoms with E-state index in [4.69, 9.17) is 14.6 Å². The van der Waals surface area contributed by atoms with E-state index in [1.54, 1.807) is 0 Å². The first kappa shape index (κ1) is 17.0. The van der Waals surface area contributed by atoms with Gasteiger partial charge in [0.25, 0.3) is 0 Å². The van der Waals surface area contributed by atoms with Gasteiger partial charge in [-0.2, -0.15) is 0 Å². The average Bonchev–Trinajstić information content (AvgIpc) is 2.43. The van der Waals surface area contributed by atoms with Crippen LogP contribution in [-0.2, 0) is 14.3 Å². The second kappa shape index (κ2) is 8.97. The number of methoxy groups -OCH3 is 1. The zero-order chi connectivity index (χ0) is 15.7. The molecule has 0 aromatic heterocycles. The fraction of sp³-hybridized carbons (Fsp3) is 0.467. The third-order valence-corrected chi connectivity index (χ3v) is 2.85. The molecule has 21 heavy (non-hydrogen) atoms. The van der Waals surface area contributed by atoms with Gasteiger partial charge in [-0.3, -0.25) is 9.59 Å². The van der Waals surface area contributed by atoms with Crippen LogP contribution in [0.5, 0.6) is 5.75 Å². The summed E-state index contributed by atoms with van der Waals surface area (Å²) in [7, 11) is 1.42. The summed E-state index contributed by atoms with van der Waals surface area (Å²) in [4.78, 5) is 22.2. The van der Waals surface area contributed by atoms with Crippen LogP contribution in [0.3, 0.4) is 0 Å². The maximum absolute atomic E-state index is 11.6. The van der Waals surface area contributed by atoms with Crippen molar-refractivity contribution in [1.82, 2.24) is 5.32 Å². The lowest BCUT2D eigenvalue weighted by Crippen LogP contribution is -2.35. The van der Waals surface area contributed by atoms with E-state index in [-0.39, 0.29) is 31.9 Å². The number of hydrogen-bond acceptors (Lipinski definition) is 4. The first-order valence-electron chi connectivity index (χ1n) is 6.72. The molecule has 0 aliphatic carbocycles. The van der Waals surface area contributed by atoms with Crippen molar-refractivity contribution in [2.75, 3.05) is 20.3 Å². The van der Waals surface area contributed by atoms with Crippen LogP contribution in [0.2, 0.25) is 0 Å². The van der Waals surface area contributed by atoms with Crippen LogP contribution >= 0.6 is 0 Å². The van der Waals surface area contributed by atoms with Crippen LogP contribution in [0, 0.1) is 6.92 Å². The smallest absolute Gasteiger partial charge is 0.306 e. The lowest BCUT2D eigenvalue weighted by Gasteiger charge is -2.14. The molecule has 0 fully saturated rings. The number of amides is 1. The standard InChI is InChI=1S/C15H21NO5/c1-11-4-3-5-12(8-11)21-7-6-14(17)16-10-13(20-2)9-15(18)19/h3-5,8,13H,6-7,9-10H2,1-2H3,(H,16,17)(H,18,19). The summed E-state index contributed by atoms with van der Waals surface area (Å²) in [6, 6.07) is 7.58. The highest BCUT2D eigenvalue weighted by molar-refractivity contribution is 5.76. The summed E-state index contributed by atoms with van der Waals surface area (Å²) >= 11 is 0. The van der Waals surface area contributed by atoms with Crippen LogP contribution in [0.15, 0.2) is 24.3 Å². The predicted molar refractivity (Wildman–Crippen MR) is 77.4 cm³/mol. The molecule has 0 saturated heterocycles. The predicted octanol–water partition coefficient (Wildman–Crippen LogP) is 1.37. The number of carbonyl (C=O) groups excluding carboxylic acids is 1. The van der Waals surface area contributed by atoms with Crippen molar-refractivity contribution in [3.63, 3.8) is 0 Å². The van der Waals surface area contributed by atoms with E-state index in [2.05, 4.69) is 5.32 Å². The van der Waals surface area contributed by atoms with Gasteiger partial charge < -0.3 is 19.9 Å². The molecule has 0 aliphatic heterocycles. The first-order valence-corrected chi connectivity index (χ1v) is 6.72. The van der Waals surface area contributed by atoms with Crippen LogP contribution in [0.1, 0.15) is 18.4 Å². The number of carboxylic acid groups (broad SMARTS) is 1. The van der Waals surface area contributed by atoms with Gasteiger partial charge in [-0.25, -0.2) is 0 Å². The number of carboxylic acids is 1. The number of ether oxygens (including phenoxy) is 2. The zero-order valence-electron chi connectivity index (χ0n) is 12.3. The molecule has 6 nitrogen and oxygen atoms in total. The molecule has 1 aromatic rings. The van der Waals surface area contributed by atoms with Gasteiger partial charge in [-0.05, 0) is 24.6 Å². The fourth-order valence-electron chi connectivity index (χ4n) is 1.72. The lowest BCUT2D eigenvalue weighted by molar-refractivity contribution is -0.140. The highest BCUT2D eigenvalue weighted by Gasteiger charge is 2.13. The first-order chi connectivity index (χ1) is 10.0. The normalized spacial score (nSPS) is 11.7. The Labute approximate surface area is 124 Å². The molecule has 0 heterocycles. The topological polar surface area (TPSA) is 84.9 Å². The maximum atomic E-state index is 11.6. The van der Waals surface area contributed by atoms with E-state index in [0.717, 1.165) is 11.3 Å². The minimum absolute atomic E-state index is 0.142. The largest absolute Gasteiger partial charge is 0.493 e. The molecule has 116 valence electrons. The quantitative estimate of drug-likeness (QED) is 0.718. The van der Waals surface area contributed by atoms with Crippen LogP contribution in [0.25, 0.3) is 0 Å². The number of aryl methyl sites for hydroxylation is 1. The Morgan fingerprint density at radius 2 is 2.14 bits per heavy atom. The summed E-state index contributed by atoms with van der Waals surface area (Å²) in [5.74, 6) is -0.433. The second-order valence-corrected chi connectivity index (χ2v) is 4.67. The zero-order valence-corrected chi connectivity index (χ0v) is 12.3. The summed E-state index contributed by atoms with van der Waals surface area (Å²) in [5, 5.41) is 11.3. The van der Waals surface area contributed by atoms with E-state index >= 15 is 0 Å². The molecule has 1 atom stereocenters. The molecule has 6 heteroatoms. The van der Waals surface area contributed by atoms with Gasteiger partial charge >= 0.3 is 5.97 Å². The van der Waals surface area contributed by atoms with Crippen molar-refractivity contribution in [1.29, 1.82) is 0 Å². The van der Waals surface area contributed by atoms with Gasteiger partial charge in [0.05, 0.1) is 25.6 Å². The second-order valence-electron chi connectivity index (χ2n) is 4.67. The Bertz CT molecular complexity index is 475. The minimum atomic E-state index is -0.959. The van der Waals surface area contributed by atoms with Gasteiger partial charge in [0, 0.05) is 13.7 Å². The Morgan fingerprint density at radius 1 is 1.38 bits per heavy atom. The average molecular weight is 295 g/mol. The molecule has 1 aromatic carbocycles. The van der Waals surface area contributed by atoms with Gasteiger partial charge in [0.1, 0.15) is 5.75 Å². The van der Waals surface area contributed by atoms with E-state index in [1.165, 1.54) is 7.11 Å². The molecule has 0 saturated carbocycles. The third-order valence-electron chi connectivity index (χ3n) is 2.85. The van der Waals surface area contributed by atoms with Gasteiger partial charge in [-0.15, -0.1) is 0 Å². The maximum Gasteiger partial charge on any atom is 0.306 e. The van der Waals surface area contributed by atoms with Crippen LogP contribution in [-0.4, -0.2) is 43.3 Å². The van der Waals surface area contributed by atoms with Crippen LogP contribution in [0.4, 0.5) is 0 Å². The lowest BCUT2D eigenvalue weighted by atomic mass is 10.2. The van der Waals surface area contributed by atoms with Crippen molar-refractivity contribution >= 4 is 11.9 Å².